The molecule has 0 radical (unpaired) electrons. The van der Waals surface area contributed by atoms with Crippen molar-refractivity contribution >= 4 is 5.82 Å². The Balaban J connectivity index is 2.21. The van der Waals surface area contributed by atoms with E-state index in [0.717, 1.165) is 24.5 Å². The molecule has 17 heavy (non-hydrogen) atoms. The predicted octanol–water partition coefficient (Wildman–Crippen LogP) is 1.75. The second kappa shape index (κ2) is 4.63. The van der Waals surface area contributed by atoms with Crippen molar-refractivity contribution in [3.8, 4) is 0 Å². The summed E-state index contributed by atoms with van der Waals surface area (Å²) in [6, 6.07) is 3.90. The van der Waals surface area contributed by atoms with Crippen LogP contribution in [-0.4, -0.2) is 35.4 Å². The average molecular weight is 236 g/mol. The molecule has 1 saturated heterocycles. The van der Waals surface area contributed by atoms with E-state index < -0.39 is 6.10 Å². The molecule has 1 unspecified atom stereocenters. The Morgan fingerprint density at radius 1 is 1.47 bits per heavy atom. The zero-order valence-corrected chi connectivity index (χ0v) is 10.7. The summed E-state index contributed by atoms with van der Waals surface area (Å²) >= 11 is 0. The smallest absolute Gasteiger partial charge is 0.129 e. The van der Waals surface area contributed by atoms with Crippen molar-refractivity contribution in [2.75, 3.05) is 24.7 Å². The van der Waals surface area contributed by atoms with E-state index in [1.54, 1.807) is 13.1 Å². The van der Waals surface area contributed by atoms with Gasteiger partial charge in [0, 0.05) is 12.7 Å². The van der Waals surface area contributed by atoms with Gasteiger partial charge < -0.3 is 14.7 Å². The zero-order chi connectivity index (χ0) is 12.5. The number of nitrogens with zero attached hydrogens (tertiary/aromatic N) is 2. The number of ether oxygens (including phenoxy) is 1. The standard InChI is InChI=1S/C13H20N2O2/c1-10(16)11-4-5-12(14-8-11)15-6-7-17-9-13(15,2)3/h4-5,8,10,16H,6-7,9H2,1-3H3. The normalized spacial score (nSPS) is 21.3. The molecule has 1 aliphatic rings. The lowest BCUT2D eigenvalue weighted by molar-refractivity contribution is 0.0639. The first-order chi connectivity index (χ1) is 8.00. The van der Waals surface area contributed by atoms with Gasteiger partial charge in [0.15, 0.2) is 0 Å². The first kappa shape index (κ1) is 12.3. The van der Waals surface area contributed by atoms with Crippen molar-refractivity contribution in [1.82, 2.24) is 4.98 Å². The summed E-state index contributed by atoms with van der Waals surface area (Å²) in [5.41, 5.74) is 0.817. The Labute approximate surface area is 102 Å². The quantitative estimate of drug-likeness (QED) is 0.849. The van der Waals surface area contributed by atoms with Gasteiger partial charge in [0.2, 0.25) is 0 Å². The van der Waals surface area contributed by atoms with Crippen molar-refractivity contribution in [2.45, 2.75) is 32.4 Å². The minimum atomic E-state index is -0.464. The Bertz CT molecular complexity index is 374. The number of rotatable bonds is 2. The lowest BCUT2D eigenvalue weighted by atomic mass is 10.0. The highest BCUT2D eigenvalue weighted by Gasteiger charge is 2.31. The van der Waals surface area contributed by atoms with Gasteiger partial charge in [0.25, 0.3) is 0 Å². The largest absolute Gasteiger partial charge is 0.389 e. The SMILES string of the molecule is CC(O)c1ccc(N2CCOCC2(C)C)nc1. The maximum Gasteiger partial charge on any atom is 0.129 e. The molecule has 4 nitrogen and oxygen atoms in total. The Kier molecular flexibility index (Phi) is 3.35. The summed E-state index contributed by atoms with van der Waals surface area (Å²) in [5.74, 6) is 0.947. The molecule has 0 aromatic carbocycles. The van der Waals surface area contributed by atoms with Gasteiger partial charge in [-0.2, -0.15) is 0 Å². The number of morpholine rings is 1. The second-order valence-electron chi connectivity index (χ2n) is 5.14. The minimum absolute atomic E-state index is 0.0302. The lowest BCUT2D eigenvalue weighted by Gasteiger charge is -2.43. The fourth-order valence-electron chi connectivity index (χ4n) is 2.09. The van der Waals surface area contributed by atoms with Gasteiger partial charge in [0.05, 0.1) is 24.9 Å². The van der Waals surface area contributed by atoms with E-state index in [4.69, 9.17) is 4.74 Å². The molecule has 0 spiro atoms. The fraction of sp³-hybridized carbons (Fsp3) is 0.615. The number of hydrogen-bond acceptors (Lipinski definition) is 4. The van der Waals surface area contributed by atoms with E-state index in [1.807, 2.05) is 12.1 Å². The van der Waals surface area contributed by atoms with Crippen LogP contribution in [0.2, 0.25) is 0 Å². The van der Waals surface area contributed by atoms with Crippen molar-refractivity contribution in [3.63, 3.8) is 0 Å². The number of anilines is 1. The highest BCUT2D eigenvalue weighted by Crippen LogP contribution is 2.25. The lowest BCUT2D eigenvalue weighted by Crippen LogP contribution is -2.53. The third kappa shape index (κ3) is 2.58. The highest BCUT2D eigenvalue weighted by atomic mass is 16.5. The first-order valence-corrected chi connectivity index (χ1v) is 6.00. The minimum Gasteiger partial charge on any atom is -0.389 e. The van der Waals surface area contributed by atoms with Crippen LogP contribution in [0.3, 0.4) is 0 Å². The second-order valence-corrected chi connectivity index (χ2v) is 5.14. The molecule has 0 bridgehead atoms. The molecule has 1 N–H and O–H groups in total. The van der Waals surface area contributed by atoms with Crippen LogP contribution >= 0.6 is 0 Å². The van der Waals surface area contributed by atoms with Gasteiger partial charge in [0.1, 0.15) is 5.82 Å². The van der Waals surface area contributed by atoms with E-state index in [9.17, 15) is 5.11 Å². The Morgan fingerprint density at radius 2 is 2.24 bits per heavy atom. The van der Waals surface area contributed by atoms with Crippen LogP contribution < -0.4 is 4.90 Å². The molecule has 1 atom stereocenters. The van der Waals surface area contributed by atoms with E-state index in [1.165, 1.54) is 0 Å². The predicted molar refractivity (Wildman–Crippen MR) is 67.1 cm³/mol. The van der Waals surface area contributed by atoms with Crippen molar-refractivity contribution in [2.24, 2.45) is 0 Å². The number of pyridine rings is 1. The first-order valence-electron chi connectivity index (χ1n) is 6.00. The number of aromatic nitrogens is 1. The summed E-state index contributed by atoms with van der Waals surface area (Å²) in [5, 5.41) is 9.45. The van der Waals surface area contributed by atoms with E-state index in [-0.39, 0.29) is 5.54 Å². The molecular weight excluding hydrogens is 216 g/mol. The molecule has 2 heterocycles. The van der Waals surface area contributed by atoms with Gasteiger partial charge in [-0.25, -0.2) is 4.98 Å². The molecule has 1 aromatic rings. The van der Waals surface area contributed by atoms with Crippen LogP contribution in [0.1, 0.15) is 32.4 Å². The van der Waals surface area contributed by atoms with Gasteiger partial charge in [-0.15, -0.1) is 0 Å². The highest BCUT2D eigenvalue weighted by molar-refractivity contribution is 5.43. The summed E-state index contributed by atoms with van der Waals surface area (Å²) in [7, 11) is 0. The molecule has 94 valence electrons. The summed E-state index contributed by atoms with van der Waals surface area (Å²) < 4.78 is 5.49. The van der Waals surface area contributed by atoms with Gasteiger partial charge in [-0.3, -0.25) is 0 Å². The number of hydrogen-bond donors (Lipinski definition) is 1. The van der Waals surface area contributed by atoms with Crippen LogP contribution in [0.25, 0.3) is 0 Å². The summed E-state index contributed by atoms with van der Waals surface area (Å²) in [4.78, 5) is 6.68. The summed E-state index contributed by atoms with van der Waals surface area (Å²) in [6.07, 6.45) is 1.28. The number of aliphatic hydroxyl groups excluding tert-OH is 1. The molecule has 1 aromatic heterocycles. The van der Waals surface area contributed by atoms with Crippen LogP contribution in [0, 0.1) is 0 Å². The van der Waals surface area contributed by atoms with Crippen LogP contribution in [0.15, 0.2) is 18.3 Å². The number of aliphatic hydroxyl groups is 1. The molecule has 1 aliphatic heterocycles. The van der Waals surface area contributed by atoms with Gasteiger partial charge in [-0.05, 0) is 32.4 Å². The van der Waals surface area contributed by atoms with E-state index in [0.29, 0.717) is 6.61 Å². The topological polar surface area (TPSA) is 45.6 Å². The summed E-state index contributed by atoms with van der Waals surface area (Å²) in [6.45, 7) is 8.35. The van der Waals surface area contributed by atoms with Crippen molar-refractivity contribution in [1.29, 1.82) is 0 Å². The molecule has 0 amide bonds. The maximum absolute atomic E-state index is 9.45. The zero-order valence-electron chi connectivity index (χ0n) is 10.7. The third-order valence-electron chi connectivity index (χ3n) is 3.17. The molecule has 4 heteroatoms. The Hall–Kier alpha value is -1.13. The van der Waals surface area contributed by atoms with E-state index >= 15 is 0 Å². The van der Waals surface area contributed by atoms with Crippen molar-refractivity contribution < 1.29 is 9.84 Å². The van der Waals surface area contributed by atoms with Gasteiger partial charge in [-0.1, -0.05) is 6.07 Å². The molecule has 2 rings (SSSR count). The Morgan fingerprint density at radius 3 is 2.76 bits per heavy atom. The van der Waals surface area contributed by atoms with Crippen LogP contribution in [0.5, 0.6) is 0 Å². The fourth-order valence-corrected chi connectivity index (χ4v) is 2.09. The average Bonchev–Trinajstić information content (AvgIpc) is 2.28. The van der Waals surface area contributed by atoms with Crippen molar-refractivity contribution in [3.05, 3.63) is 23.9 Å². The molecule has 0 aliphatic carbocycles. The molecule has 1 fully saturated rings. The third-order valence-corrected chi connectivity index (χ3v) is 3.17. The monoisotopic (exact) mass is 236 g/mol. The van der Waals surface area contributed by atoms with Gasteiger partial charge >= 0.3 is 0 Å². The van der Waals surface area contributed by atoms with Crippen LogP contribution in [-0.2, 0) is 4.74 Å². The van der Waals surface area contributed by atoms with Crippen LogP contribution in [0.4, 0.5) is 5.82 Å². The maximum atomic E-state index is 9.45. The molecular formula is C13H20N2O2. The van der Waals surface area contributed by atoms with E-state index in [2.05, 4.69) is 23.7 Å². The molecule has 0 saturated carbocycles.